The molecule has 1 aliphatic heterocycles. The Balaban J connectivity index is 0.00000378. The number of benzene rings is 5. The van der Waals surface area contributed by atoms with Gasteiger partial charge in [-0.25, -0.2) is 0 Å². The van der Waals surface area contributed by atoms with E-state index >= 15 is 0 Å². The molecule has 0 fully saturated rings. The van der Waals surface area contributed by atoms with Gasteiger partial charge in [0.05, 0.1) is 17.8 Å². The SMILES string of the molecule is Cc1cccc(C)c1-n1cc2nc1Cc1nc(cn1-c1c(C)cccc1C(C)C)-c1[c-]c(ccc1)N(c1ccccc1)c1[c-]c-2ccc1.[Pt+2]. The van der Waals surface area contributed by atoms with Crippen LogP contribution in [0.2, 0.25) is 0 Å². The van der Waals surface area contributed by atoms with Crippen molar-refractivity contribution in [2.24, 2.45) is 0 Å². The Bertz CT molecular complexity index is 2280. The Morgan fingerprint density at radius 3 is 1.61 bits per heavy atom. The molecule has 0 unspecified atom stereocenters. The summed E-state index contributed by atoms with van der Waals surface area (Å²) < 4.78 is 4.56. The third-order valence-corrected chi connectivity index (χ3v) is 9.29. The van der Waals surface area contributed by atoms with Crippen LogP contribution in [-0.2, 0) is 27.5 Å². The summed E-state index contributed by atoms with van der Waals surface area (Å²) in [6, 6.07) is 43.5. The zero-order valence-corrected chi connectivity index (χ0v) is 30.6. The van der Waals surface area contributed by atoms with Crippen LogP contribution >= 0.6 is 0 Å². The largest absolute Gasteiger partial charge is 2.00 e. The van der Waals surface area contributed by atoms with E-state index in [2.05, 4.69) is 170 Å². The monoisotopic (exact) mass is 818 g/mol. The fourth-order valence-corrected chi connectivity index (χ4v) is 7.00. The molecule has 0 spiro atoms. The molecular weight excluding hydrogens is 782 g/mol. The minimum absolute atomic E-state index is 0. The van der Waals surface area contributed by atoms with Crippen molar-refractivity contribution in [1.82, 2.24) is 19.1 Å². The van der Waals surface area contributed by atoms with Gasteiger partial charge in [0, 0.05) is 17.1 Å². The summed E-state index contributed by atoms with van der Waals surface area (Å²) in [5.74, 6) is 2.19. The van der Waals surface area contributed by atoms with Gasteiger partial charge in [0.1, 0.15) is 11.6 Å². The predicted octanol–water partition coefficient (Wildman–Crippen LogP) is 10.4. The molecular formula is C43H37N5Pt. The zero-order valence-electron chi connectivity index (χ0n) is 28.3. The van der Waals surface area contributed by atoms with Crippen LogP contribution < -0.4 is 4.90 Å². The molecule has 2 aromatic heterocycles. The molecule has 49 heavy (non-hydrogen) atoms. The average Bonchev–Trinajstić information content (AvgIpc) is 3.70. The van der Waals surface area contributed by atoms with Crippen molar-refractivity contribution in [3.63, 3.8) is 0 Å². The maximum absolute atomic E-state index is 5.38. The second-order valence-corrected chi connectivity index (χ2v) is 13.0. The van der Waals surface area contributed by atoms with Gasteiger partial charge in [0.2, 0.25) is 0 Å². The van der Waals surface area contributed by atoms with Crippen LogP contribution in [0.25, 0.3) is 33.9 Å². The van der Waals surface area contributed by atoms with Gasteiger partial charge < -0.3 is 14.0 Å². The van der Waals surface area contributed by atoms with Crippen molar-refractivity contribution in [2.45, 2.75) is 47.0 Å². The first-order valence-corrected chi connectivity index (χ1v) is 16.6. The number of nitrogens with zero attached hydrogens (tertiary/aromatic N) is 5. The number of aromatic nitrogens is 4. The summed E-state index contributed by atoms with van der Waals surface area (Å²) in [4.78, 5) is 12.9. The Morgan fingerprint density at radius 2 is 1.06 bits per heavy atom. The van der Waals surface area contributed by atoms with E-state index in [4.69, 9.17) is 9.97 Å². The number of anilines is 3. The molecule has 8 bridgehead atoms. The fraction of sp³-hybridized carbons (Fsp3) is 0.163. The van der Waals surface area contributed by atoms with Gasteiger partial charge >= 0.3 is 21.1 Å². The number of para-hydroxylation sites is 3. The van der Waals surface area contributed by atoms with Crippen molar-refractivity contribution in [1.29, 1.82) is 0 Å². The van der Waals surface area contributed by atoms with E-state index in [9.17, 15) is 0 Å². The van der Waals surface area contributed by atoms with Gasteiger partial charge in [0.15, 0.2) is 0 Å². The van der Waals surface area contributed by atoms with E-state index in [0.717, 1.165) is 56.9 Å². The molecule has 0 saturated carbocycles. The predicted molar refractivity (Wildman–Crippen MR) is 195 cm³/mol. The van der Waals surface area contributed by atoms with Crippen molar-refractivity contribution in [2.75, 3.05) is 4.90 Å². The van der Waals surface area contributed by atoms with Crippen LogP contribution in [0.1, 0.15) is 53.7 Å². The molecule has 3 heterocycles. The number of hydrogen-bond acceptors (Lipinski definition) is 3. The summed E-state index contributed by atoms with van der Waals surface area (Å²) in [5.41, 5.74) is 13.7. The third kappa shape index (κ3) is 5.87. The van der Waals surface area contributed by atoms with Crippen molar-refractivity contribution in [3.8, 4) is 33.9 Å². The summed E-state index contributed by atoms with van der Waals surface area (Å²) >= 11 is 0. The summed E-state index contributed by atoms with van der Waals surface area (Å²) in [6.45, 7) is 11.0. The minimum atomic E-state index is 0. The maximum atomic E-state index is 5.38. The van der Waals surface area contributed by atoms with E-state index in [1.54, 1.807) is 0 Å². The quantitative estimate of drug-likeness (QED) is 0.166. The number of rotatable bonds is 4. The van der Waals surface area contributed by atoms with Crippen LogP contribution in [0, 0.1) is 32.9 Å². The summed E-state index contributed by atoms with van der Waals surface area (Å²) in [7, 11) is 0. The Morgan fingerprint density at radius 1 is 0.571 bits per heavy atom. The number of fused-ring (bicyclic) bond motifs is 10. The third-order valence-electron chi connectivity index (χ3n) is 9.29. The Hall–Kier alpha value is -4.99. The van der Waals surface area contributed by atoms with Gasteiger partial charge in [-0.1, -0.05) is 68.4 Å². The zero-order chi connectivity index (χ0) is 32.9. The topological polar surface area (TPSA) is 38.9 Å². The average molecular weight is 819 g/mol. The summed E-state index contributed by atoms with van der Waals surface area (Å²) in [6.07, 6.45) is 4.89. The first-order chi connectivity index (χ1) is 23.4. The molecule has 0 saturated heterocycles. The smallest absolute Gasteiger partial charge is 0.346 e. The number of hydrogen-bond donors (Lipinski definition) is 0. The second kappa shape index (κ2) is 13.1. The molecule has 0 N–H and O–H groups in total. The first kappa shape index (κ1) is 32.6. The van der Waals surface area contributed by atoms with Gasteiger partial charge in [-0.3, -0.25) is 9.97 Å². The van der Waals surface area contributed by atoms with Crippen molar-refractivity contribution in [3.05, 3.63) is 162 Å². The van der Waals surface area contributed by atoms with Crippen LogP contribution in [0.4, 0.5) is 17.1 Å². The number of imidazole rings is 2. The van der Waals surface area contributed by atoms with Gasteiger partial charge in [-0.05, 0) is 84.8 Å². The minimum Gasteiger partial charge on any atom is -0.346 e. The molecule has 0 amide bonds. The summed E-state index contributed by atoms with van der Waals surface area (Å²) in [5, 5.41) is 0. The molecule has 8 rings (SSSR count). The molecule has 0 atom stereocenters. The van der Waals surface area contributed by atoms with Crippen LogP contribution in [0.15, 0.2) is 116 Å². The fourth-order valence-electron chi connectivity index (χ4n) is 7.00. The van der Waals surface area contributed by atoms with Crippen LogP contribution in [-0.4, -0.2) is 19.1 Å². The van der Waals surface area contributed by atoms with E-state index in [1.807, 2.05) is 6.07 Å². The molecule has 5 aromatic carbocycles. The standard InChI is InChI=1S/C43H37N5.Pt/c1-28(2)37-22-10-15-31(5)43(37)47-27-39-33-17-12-21-36(24-33)48(34-18-7-6-8-19-34)35-20-11-16-32(23-35)38-26-46(40(44-38)25-41(47)45-39)42-29(3)13-9-14-30(42)4;/h6-22,26-28H,25H2,1-5H3;/q-2;+2. The Labute approximate surface area is 303 Å². The second-order valence-electron chi connectivity index (χ2n) is 13.0. The molecule has 0 aliphatic carbocycles. The van der Waals surface area contributed by atoms with Gasteiger partial charge in [-0.2, -0.15) is 0 Å². The molecule has 244 valence electrons. The van der Waals surface area contributed by atoms with Crippen molar-refractivity contribution >= 4 is 17.1 Å². The van der Waals surface area contributed by atoms with E-state index in [-0.39, 0.29) is 21.1 Å². The van der Waals surface area contributed by atoms with Gasteiger partial charge in [-0.15, -0.1) is 59.7 Å². The van der Waals surface area contributed by atoms with E-state index in [0.29, 0.717) is 12.3 Å². The maximum Gasteiger partial charge on any atom is 2.00 e. The van der Waals surface area contributed by atoms with E-state index < -0.39 is 0 Å². The van der Waals surface area contributed by atoms with Crippen LogP contribution in [0.3, 0.4) is 0 Å². The molecule has 1 aliphatic rings. The van der Waals surface area contributed by atoms with Gasteiger partial charge in [0.25, 0.3) is 0 Å². The van der Waals surface area contributed by atoms with Crippen LogP contribution in [0.5, 0.6) is 0 Å². The Kier molecular flexibility index (Phi) is 8.73. The number of aryl methyl sites for hydroxylation is 3. The van der Waals surface area contributed by atoms with E-state index in [1.165, 1.54) is 27.9 Å². The molecule has 0 radical (unpaired) electrons. The molecule has 6 heteroatoms. The molecule has 7 aromatic rings. The normalized spacial score (nSPS) is 12.1. The molecule has 5 nitrogen and oxygen atoms in total. The first-order valence-electron chi connectivity index (χ1n) is 16.6. The van der Waals surface area contributed by atoms with Crippen molar-refractivity contribution < 1.29 is 21.1 Å².